The average Bonchev–Trinajstić information content (AvgIpc) is 3.64. The Morgan fingerprint density at radius 3 is 2.52 bits per heavy atom. The molecule has 0 saturated heterocycles. The lowest BCUT2D eigenvalue weighted by atomic mass is 9.97. The third kappa shape index (κ3) is 4.98. The van der Waals surface area contributed by atoms with E-state index in [-0.39, 0.29) is 12.0 Å². The van der Waals surface area contributed by atoms with E-state index in [1.54, 1.807) is 31.6 Å². The Labute approximate surface area is 231 Å². The van der Waals surface area contributed by atoms with Gasteiger partial charge >= 0.3 is 11.7 Å². The van der Waals surface area contributed by atoms with E-state index in [4.69, 9.17) is 25.0 Å². The van der Waals surface area contributed by atoms with E-state index in [2.05, 4.69) is 10.3 Å². The van der Waals surface area contributed by atoms with Gasteiger partial charge in [0, 0.05) is 24.4 Å². The topological polar surface area (TPSA) is 131 Å². The van der Waals surface area contributed by atoms with Crippen LogP contribution in [-0.4, -0.2) is 45.5 Å². The van der Waals surface area contributed by atoms with Gasteiger partial charge in [0.15, 0.2) is 5.82 Å². The van der Waals surface area contributed by atoms with Crippen LogP contribution in [0.1, 0.15) is 27.0 Å². The Morgan fingerprint density at radius 2 is 1.82 bits per heavy atom. The summed E-state index contributed by atoms with van der Waals surface area (Å²) in [5.41, 5.74) is 10.3. The molecule has 2 amide bonds. The van der Waals surface area contributed by atoms with E-state index in [1.165, 1.54) is 17.2 Å². The molecule has 2 aromatic heterocycles. The first-order valence-corrected chi connectivity index (χ1v) is 12.6. The second kappa shape index (κ2) is 10.9. The van der Waals surface area contributed by atoms with E-state index >= 15 is 0 Å². The Balaban J connectivity index is 1.49. The normalized spacial score (nSPS) is 14.2. The predicted octanol–water partition coefficient (Wildman–Crippen LogP) is 3.60. The summed E-state index contributed by atoms with van der Waals surface area (Å²) in [4.78, 5) is 30.7. The van der Waals surface area contributed by atoms with Crippen molar-refractivity contribution >= 4 is 11.8 Å². The summed E-state index contributed by atoms with van der Waals surface area (Å²) in [5, 5.41) is 7.61. The van der Waals surface area contributed by atoms with Gasteiger partial charge in [0.25, 0.3) is 5.91 Å². The molecule has 204 valence electrons. The monoisotopic (exact) mass is 539 g/mol. The van der Waals surface area contributed by atoms with Gasteiger partial charge in [0.05, 0.1) is 18.4 Å². The summed E-state index contributed by atoms with van der Waals surface area (Å²) >= 11 is 0. The molecular formula is C30H29N5O5. The van der Waals surface area contributed by atoms with Crippen LogP contribution in [0, 0.1) is 13.8 Å². The maximum absolute atomic E-state index is 13.7. The molecule has 0 saturated carbocycles. The highest BCUT2D eigenvalue weighted by atomic mass is 16.7. The summed E-state index contributed by atoms with van der Waals surface area (Å²) in [7, 11) is 1.62. The number of amides is 2. The molecule has 3 heterocycles. The molecule has 0 radical (unpaired) electrons. The summed E-state index contributed by atoms with van der Waals surface area (Å²) in [6, 6.07) is 17.5. The molecule has 0 fully saturated rings. The van der Waals surface area contributed by atoms with Gasteiger partial charge in [-0.15, -0.1) is 0 Å². The Hall–Kier alpha value is -5.12. The largest absolute Gasteiger partial charge is 0.496 e. The molecule has 40 heavy (non-hydrogen) atoms. The fourth-order valence-electron chi connectivity index (χ4n) is 4.86. The number of nitrogens with zero attached hydrogens (tertiary/aromatic N) is 3. The van der Waals surface area contributed by atoms with E-state index < -0.39 is 23.6 Å². The minimum atomic E-state index is -1.91. The van der Waals surface area contributed by atoms with Crippen LogP contribution in [0.4, 0.5) is 0 Å². The van der Waals surface area contributed by atoms with Gasteiger partial charge in [0.2, 0.25) is 0 Å². The zero-order chi connectivity index (χ0) is 28.3. The van der Waals surface area contributed by atoms with Crippen molar-refractivity contribution in [2.45, 2.75) is 32.1 Å². The first kappa shape index (κ1) is 26.5. The van der Waals surface area contributed by atoms with Gasteiger partial charge < -0.3 is 25.3 Å². The summed E-state index contributed by atoms with van der Waals surface area (Å²) in [6.07, 6.45) is 5.98. The number of ether oxygens (including phenoxy) is 3. The third-order valence-corrected chi connectivity index (χ3v) is 6.67. The predicted molar refractivity (Wildman–Crippen MR) is 147 cm³/mol. The van der Waals surface area contributed by atoms with Crippen molar-refractivity contribution < 1.29 is 23.8 Å². The van der Waals surface area contributed by atoms with E-state index in [9.17, 15) is 9.59 Å². The van der Waals surface area contributed by atoms with Crippen molar-refractivity contribution in [3.8, 4) is 22.8 Å². The number of nitrogens with two attached hydrogens (primary N) is 1. The minimum Gasteiger partial charge on any atom is -0.496 e. The van der Waals surface area contributed by atoms with Gasteiger partial charge in [-0.25, -0.2) is 9.67 Å². The van der Waals surface area contributed by atoms with Crippen LogP contribution in [0.15, 0.2) is 85.6 Å². The van der Waals surface area contributed by atoms with E-state index in [0.717, 1.165) is 28.0 Å². The van der Waals surface area contributed by atoms with Gasteiger partial charge in [-0.2, -0.15) is 5.10 Å². The summed E-state index contributed by atoms with van der Waals surface area (Å²) < 4.78 is 18.3. The lowest BCUT2D eigenvalue weighted by Gasteiger charge is -2.33. The molecule has 10 heteroatoms. The molecule has 10 nitrogen and oxygen atoms in total. The first-order chi connectivity index (χ1) is 19.3. The Bertz CT molecular complexity index is 1570. The molecule has 1 aliphatic rings. The minimum absolute atomic E-state index is 0.214. The molecule has 5 rings (SSSR count). The maximum Gasteiger partial charge on any atom is 0.352 e. The molecule has 4 aromatic rings. The van der Waals surface area contributed by atoms with Crippen molar-refractivity contribution in [3.05, 3.63) is 108 Å². The molecule has 1 aliphatic heterocycles. The van der Waals surface area contributed by atoms with E-state index in [1.807, 2.05) is 62.4 Å². The van der Waals surface area contributed by atoms with Crippen LogP contribution in [0.5, 0.6) is 5.75 Å². The molecule has 2 aromatic carbocycles. The van der Waals surface area contributed by atoms with Crippen molar-refractivity contribution in [1.29, 1.82) is 0 Å². The van der Waals surface area contributed by atoms with Crippen molar-refractivity contribution in [3.63, 3.8) is 0 Å². The summed E-state index contributed by atoms with van der Waals surface area (Å²) in [5.74, 6) is -2.27. The number of carbonyl (C=O) groups is 2. The van der Waals surface area contributed by atoms with Crippen LogP contribution >= 0.6 is 0 Å². The summed E-state index contributed by atoms with van der Waals surface area (Å²) in [6.45, 7) is 3.98. The van der Waals surface area contributed by atoms with Gasteiger partial charge in [-0.3, -0.25) is 9.59 Å². The molecule has 0 spiro atoms. The second-order valence-electron chi connectivity index (χ2n) is 9.44. The van der Waals surface area contributed by atoms with Crippen LogP contribution in [0.3, 0.4) is 0 Å². The quantitative estimate of drug-likeness (QED) is 0.332. The first-order valence-electron chi connectivity index (χ1n) is 12.6. The highest BCUT2D eigenvalue weighted by molar-refractivity contribution is 5.98. The van der Waals surface area contributed by atoms with Crippen LogP contribution < -0.4 is 15.8 Å². The van der Waals surface area contributed by atoms with Gasteiger partial charge in [0.1, 0.15) is 24.3 Å². The number of aromatic nitrogens is 3. The fourth-order valence-corrected chi connectivity index (χ4v) is 4.86. The number of nitrogens with one attached hydrogen (secondary N) is 1. The van der Waals surface area contributed by atoms with Crippen molar-refractivity contribution in [2.75, 3.05) is 7.11 Å². The molecule has 3 N–H and O–H groups in total. The smallest absolute Gasteiger partial charge is 0.352 e. The SMILES string of the molecule is COc1c(C)cc(C)cc1-c1ccn(-c2ncccc2C(=O)NC(Cc2ccccc2)C2(C(N)=O)OC=CO2)n1. The standard InChI is InChI=1S/C30H29N5O5/c1-19-16-20(2)26(38-3)23(17-19)24-11-13-35(34-24)27-22(10-7-12-32-27)28(36)33-25(18-21-8-5-4-6-9-21)30(29(31)37)39-14-15-40-30/h4-17,25H,18H2,1-3H3,(H2,31,37)(H,33,36). The zero-order valence-electron chi connectivity index (χ0n) is 22.3. The molecular weight excluding hydrogens is 510 g/mol. The molecule has 1 unspecified atom stereocenters. The highest BCUT2D eigenvalue weighted by Gasteiger charge is 2.51. The second-order valence-corrected chi connectivity index (χ2v) is 9.44. The fraction of sp³-hybridized carbons (Fsp3) is 0.200. The van der Waals surface area contributed by atoms with Crippen LogP contribution in [-0.2, 0) is 20.7 Å². The number of carbonyl (C=O) groups excluding carboxylic acids is 2. The lowest BCUT2D eigenvalue weighted by Crippen LogP contribution is -2.61. The van der Waals surface area contributed by atoms with Crippen molar-refractivity contribution in [2.24, 2.45) is 5.73 Å². The molecule has 0 aliphatic carbocycles. The van der Waals surface area contributed by atoms with Gasteiger partial charge in [-0.05, 0) is 54.8 Å². The number of rotatable bonds is 9. The van der Waals surface area contributed by atoms with E-state index in [0.29, 0.717) is 11.5 Å². The number of benzene rings is 2. The highest BCUT2D eigenvalue weighted by Crippen LogP contribution is 2.33. The average molecular weight is 540 g/mol. The number of hydrogen-bond acceptors (Lipinski definition) is 7. The number of hydrogen-bond donors (Lipinski definition) is 2. The maximum atomic E-state index is 13.7. The Kier molecular flexibility index (Phi) is 7.24. The molecule has 0 bridgehead atoms. The Morgan fingerprint density at radius 1 is 1.07 bits per heavy atom. The number of pyridine rings is 1. The van der Waals surface area contributed by atoms with Crippen LogP contribution in [0.25, 0.3) is 17.1 Å². The third-order valence-electron chi connectivity index (χ3n) is 6.67. The van der Waals surface area contributed by atoms with Crippen LogP contribution in [0.2, 0.25) is 0 Å². The number of aryl methyl sites for hydroxylation is 2. The van der Waals surface area contributed by atoms with Crippen molar-refractivity contribution in [1.82, 2.24) is 20.1 Å². The zero-order valence-corrected chi connectivity index (χ0v) is 22.3. The molecule has 1 atom stereocenters. The lowest BCUT2D eigenvalue weighted by molar-refractivity contribution is -0.182. The number of primary amides is 1. The number of methoxy groups -OCH3 is 1. The van der Waals surface area contributed by atoms with Gasteiger partial charge in [-0.1, -0.05) is 36.4 Å².